The molecule has 1 amide bonds. The number of anilines is 1. The van der Waals surface area contributed by atoms with Crippen molar-refractivity contribution in [2.75, 3.05) is 18.2 Å². The summed E-state index contributed by atoms with van der Waals surface area (Å²) >= 11 is 5.92. The van der Waals surface area contributed by atoms with E-state index in [1.165, 1.54) is 37.4 Å². The highest BCUT2D eigenvalue weighted by molar-refractivity contribution is 7.92. The van der Waals surface area contributed by atoms with Crippen LogP contribution >= 0.6 is 11.6 Å². The van der Waals surface area contributed by atoms with E-state index in [0.717, 1.165) is 12.1 Å². The second kappa shape index (κ2) is 6.97. The summed E-state index contributed by atoms with van der Waals surface area (Å²) in [7, 11) is -2.63. The van der Waals surface area contributed by atoms with Crippen LogP contribution in [0.2, 0.25) is 5.02 Å². The van der Waals surface area contributed by atoms with Gasteiger partial charge < -0.3 is 10.1 Å². The molecule has 2 rings (SSSR count). The first kappa shape index (κ1) is 17.2. The van der Waals surface area contributed by atoms with Crippen LogP contribution < -0.4 is 10.1 Å². The summed E-state index contributed by atoms with van der Waals surface area (Å²) in [6.45, 7) is 0. The van der Waals surface area contributed by atoms with Gasteiger partial charge in [0.05, 0.1) is 12.1 Å². The van der Waals surface area contributed by atoms with Gasteiger partial charge in [-0.3, -0.25) is 4.79 Å². The number of ether oxygens (including phenoxy) is 1. The zero-order valence-electron chi connectivity index (χ0n) is 12.0. The minimum absolute atomic E-state index is 0.266. The fourth-order valence-electron chi connectivity index (χ4n) is 1.89. The van der Waals surface area contributed by atoms with Crippen molar-refractivity contribution in [1.82, 2.24) is 0 Å². The maximum atomic E-state index is 13.6. The summed E-state index contributed by atoms with van der Waals surface area (Å²) in [5.41, 5.74) is 0.310. The van der Waals surface area contributed by atoms with E-state index in [1.54, 1.807) is 0 Å². The van der Waals surface area contributed by atoms with Crippen LogP contribution in [0.5, 0.6) is 5.75 Å². The zero-order chi connectivity index (χ0) is 17.0. The van der Waals surface area contributed by atoms with Gasteiger partial charge in [0.15, 0.2) is 9.84 Å². The molecule has 23 heavy (non-hydrogen) atoms. The number of hydrogen-bond donors (Lipinski definition) is 1. The highest BCUT2D eigenvalue weighted by Crippen LogP contribution is 2.27. The Bertz CT molecular complexity index is 839. The van der Waals surface area contributed by atoms with Crippen LogP contribution in [0.3, 0.4) is 0 Å². The molecule has 0 atom stereocenters. The first-order valence-corrected chi connectivity index (χ1v) is 8.47. The summed E-state index contributed by atoms with van der Waals surface area (Å²) < 4.78 is 42.7. The van der Waals surface area contributed by atoms with E-state index in [1.807, 2.05) is 0 Å². The van der Waals surface area contributed by atoms with Gasteiger partial charge in [0, 0.05) is 5.69 Å². The van der Waals surface area contributed by atoms with Gasteiger partial charge in [-0.25, -0.2) is 12.8 Å². The number of rotatable bonds is 5. The molecular formula is C15H13ClFNO4S. The molecular weight excluding hydrogens is 345 g/mol. The molecule has 0 aromatic heterocycles. The maximum Gasteiger partial charge on any atom is 0.239 e. The lowest BCUT2D eigenvalue weighted by Crippen LogP contribution is -2.23. The Morgan fingerprint density at radius 3 is 2.57 bits per heavy atom. The number of hydrogen-bond acceptors (Lipinski definition) is 4. The third-order valence-corrected chi connectivity index (χ3v) is 4.87. The predicted molar refractivity (Wildman–Crippen MR) is 85.1 cm³/mol. The van der Waals surface area contributed by atoms with Crippen molar-refractivity contribution >= 4 is 33.0 Å². The molecule has 0 heterocycles. The van der Waals surface area contributed by atoms with Gasteiger partial charge >= 0.3 is 0 Å². The average Bonchev–Trinajstić information content (AvgIpc) is 2.47. The lowest BCUT2D eigenvalue weighted by Gasteiger charge is -2.09. The van der Waals surface area contributed by atoms with E-state index in [4.69, 9.17) is 16.3 Å². The van der Waals surface area contributed by atoms with Crippen LogP contribution in [0, 0.1) is 5.82 Å². The van der Waals surface area contributed by atoms with Crippen LogP contribution in [-0.4, -0.2) is 27.2 Å². The molecule has 0 fully saturated rings. The van der Waals surface area contributed by atoms with E-state index in [0.29, 0.717) is 11.4 Å². The zero-order valence-corrected chi connectivity index (χ0v) is 13.6. The molecule has 8 heteroatoms. The summed E-state index contributed by atoms with van der Waals surface area (Å²) in [5, 5.41) is 2.66. The van der Waals surface area contributed by atoms with E-state index in [-0.39, 0.29) is 5.02 Å². The third-order valence-electron chi connectivity index (χ3n) is 2.93. The SMILES string of the molecule is COc1ccc(NC(=O)CS(=O)(=O)c2ccccc2F)cc1Cl. The van der Waals surface area contributed by atoms with Crippen molar-refractivity contribution in [1.29, 1.82) is 0 Å². The molecule has 0 aliphatic carbocycles. The molecule has 1 N–H and O–H groups in total. The van der Waals surface area contributed by atoms with E-state index >= 15 is 0 Å². The molecule has 2 aromatic carbocycles. The quantitative estimate of drug-likeness (QED) is 0.893. The normalized spacial score (nSPS) is 11.1. The Morgan fingerprint density at radius 2 is 1.96 bits per heavy atom. The Labute approximate surface area is 138 Å². The van der Waals surface area contributed by atoms with Gasteiger partial charge in [-0.2, -0.15) is 0 Å². The Balaban J connectivity index is 2.13. The van der Waals surface area contributed by atoms with Crippen molar-refractivity contribution in [3.05, 3.63) is 53.3 Å². The molecule has 0 bridgehead atoms. The predicted octanol–water partition coefficient (Wildman–Crippen LogP) is 2.90. The second-order valence-electron chi connectivity index (χ2n) is 4.59. The number of halogens is 2. The maximum absolute atomic E-state index is 13.6. The van der Waals surface area contributed by atoms with Crippen LogP contribution in [0.25, 0.3) is 0 Å². The van der Waals surface area contributed by atoms with Crippen LogP contribution in [-0.2, 0) is 14.6 Å². The standard InChI is InChI=1S/C15H13ClFNO4S/c1-22-13-7-6-10(8-11(13)16)18-15(19)9-23(20,21)14-5-3-2-4-12(14)17/h2-8H,9H2,1H3,(H,18,19). The summed E-state index contributed by atoms with van der Waals surface area (Å²) in [6, 6.07) is 9.36. The van der Waals surface area contributed by atoms with Gasteiger partial charge in [0.25, 0.3) is 0 Å². The topological polar surface area (TPSA) is 72.5 Å². The van der Waals surface area contributed by atoms with Crippen molar-refractivity contribution in [3.63, 3.8) is 0 Å². The molecule has 0 aliphatic heterocycles. The monoisotopic (exact) mass is 357 g/mol. The van der Waals surface area contributed by atoms with Crippen LogP contribution in [0.15, 0.2) is 47.4 Å². The van der Waals surface area contributed by atoms with Crippen molar-refractivity contribution in [3.8, 4) is 5.75 Å². The van der Waals surface area contributed by atoms with E-state index in [9.17, 15) is 17.6 Å². The van der Waals surface area contributed by atoms with Gasteiger partial charge in [-0.15, -0.1) is 0 Å². The third kappa shape index (κ3) is 4.20. The summed E-state index contributed by atoms with van der Waals surface area (Å²) in [4.78, 5) is 11.4. The minimum atomic E-state index is -4.08. The number of amides is 1. The van der Waals surface area contributed by atoms with Crippen LogP contribution in [0.4, 0.5) is 10.1 Å². The lowest BCUT2D eigenvalue weighted by atomic mass is 10.3. The highest BCUT2D eigenvalue weighted by atomic mass is 35.5. The number of carbonyl (C=O) groups is 1. The molecule has 0 unspecified atom stereocenters. The first-order chi connectivity index (χ1) is 10.8. The number of methoxy groups -OCH3 is 1. The molecule has 2 aromatic rings. The number of nitrogens with one attached hydrogen (secondary N) is 1. The van der Waals surface area contributed by atoms with Gasteiger partial charge in [-0.1, -0.05) is 23.7 Å². The molecule has 0 saturated carbocycles. The fourth-order valence-corrected chi connectivity index (χ4v) is 3.37. The van der Waals surface area contributed by atoms with Crippen LogP contribution in [0.1, 0.15) is 0 Å². The molecule has 0 aliphatic rings. The Hall–Kier alpha value is -2.12. The van der Waals surface area contributed by atoms with Crippen molar-refractivity contribution < 1.29 is 22.3 Å². The molecule has 0 spiro atoms. The molecule has 0 radical (unpaired) electrons. The first-order valence-electron chi connectivity index (χ1n) is 6.44. The van der Waals surface area contributed by atoms with Crippen molar-refractivity contribution in [2.24, 2.45) is 0 Å². The molecule has 122 valence electrons. The van der Waals surface area contributed by atoms with Gasteiger partial charge in [0.1, 0.15) is 22.2 Å². The Kier molecular flexibility index (Phi) is 5.23. The lowest BCUT2D eigenvalue weighted by molar-refractivity contribution is -0.113. The smallest absolute Gasteiger partial charge is 0.239 e. The summed E-state index contributed by atoms with van der Waals surface area (Å²) in [6.07, 6.45) is 0. The largest absolute Gasteiger partial charge is 0.495 e. The highest BCUT2D eigenvalue weighted by Gasteiger charge is 2.22. The molecule has 0 saturated heterocycles. The molecule has 5 nitrogen and oxygen atoms in total. The minimum Gasteiger partial charge on any atom is -0.495 e. The average molecular weight is 358 g/mol. The van der Waals surface area contributed by atoms with E-state index in [2.05, 4.69) is 5.32 Å². The number of carbonyl (C=O) groups excluding carboxylic acids is 1. The van der Waals surface area contributed by atoms with Gasteiger partial charge in [0.2, 0.25) is 5.91 Å². The second-order valence-corrected chi connectivity index (χ2v) is 6.95. The van der Waals surface area contributed by atoms with Crippen molar-refractivity contribution in [2.45, 2.75) is 4.90 Å². The fraction of sp³-hybridized carbons (Fsp3) is 0.133. The van der Waals surface area contributed by atoms with E-state index < -0.39 is 32.2 Å². The summed E-state index contributed by atoms with van der Waals surface area (Å²) in [5.74, 6) is -2.15. The number of sulfone groups is 1. The van der Waals surface area contributed by atoms with Gasteiger partial charge in [-0.05, 0) is 30.3 Å². The Morgan fingerprint density at radius 1 is 1.26 bits per heavy atom. The number of benzene rings is 2.